The second-order valence-corrected chi connectivity index (χ2v) is 5.17. The van der Waals surface area contributed by atoms with Crippen LogP contribution >= 0.6 is 0 Å². The number of hydrogen-bond donors (Lipinski definition) is 1. The van der Waals surface area contributed by atoms with Crippen LogP contribution in [0.4, 0.5) is 13.2 Å². The SMILES string of the molecule is FC(F)(F)[C@H](C1CCCCC1)N1CCNCC1. The zero-order valence-corrected chi connectivity index (χ0v) is 10.1. The topological polar surface area (TPSA) is 15.3 Å². The van der Waals surface area contributed by atoms with Gasteiger partial charge in [-0.25, -0.2) is 0 Å². The zero-order valence-electron chi connectivity index (χ0n) is 10.1. The molecule has 1 saturated carbocycles. The Morgan fingerprint density at radius 1 is 1.00 bits per heavy atom. The highest BCUT2D eigenvalue weighted by molar-refractivity contribution is 4.89. The molecule has 0 aromatic rings. The van der Waals surface area contributed by atoms with Gasteiger partial charge >= 0.3 is 6.18 Å². The van der Waals surface area contributed by atoms with E-state index in [0.717, 1.165) is 32.1 Å². The fourth-order valence-electron chi connectivity index (χ4n) is 3.18. The van der Waals surface area contributed by atoms with Gasteiger partial charge in [0.25, 0.3) is 0 Å². The van der Waals surface area contributed by atoms with Crippen molar-refractivity contribution in [2.75, 3.05) is 26.2 Å². The van der Waals surface area contributed by atoms with Crippen LogP contribution in [0.3, 0.4) is 0 Å². The van der Waals surface area contributed by atoms with Crippen molar-refractivity contribution in [1.82, 2.24) is 10.2 Å². The summed E-state index contributed by atoms with van der Waals surface area (Å²) < 4.78 is 39.7. The molecule has 0 spiro atoms. The van der Waals surface area contributed by atoms with Gasteiger partial charge in [-0.15, -0.1) is 0 Å². The number of nitrogens with one attached hydrogen (secondary N) is 1. The second kappa shape index (κ2) is 5.57. The largest absolute Gasteiger partial charge is 0.404 e. The molecule has 0 unspecified atom stereocenters. The number of piperazine rings is 1. The third-order valence-electron chi connectivity index (χ3n) is 3.98. The lowest BCUT2D eigenvalue weighted by Gasteiger charge is -2.41. The van der Waals surface area contributed by atoms with Gasteiger partial charge in [0.1, 0.15) is 6.04 Å². The van der Waals surface area contributed by atoms with Gasteiger partial charge in [-0.2, -0.15) is 13.2 Å². The quantitative estimate of drug-likeness (QED) is 0.809. The Hall–Kier alpha value is -0.290. The smallest absolute Gasteiger partial charge is 0.314 e. The third kappa shape index (κ3) is 3.35. The van der Waals surface area contributed by atoms with Gasteiger partial charge in [-0.3, -0.25) is 4.90 Å². The van der Waals surface area contributed by atoms with Crippen LogP contribution in [0.15, 0.2) is 0 Å². The Labute approximate surface area is 101 Å². The van der Waals surface area contributed by atoms with Gasteiger partial charge in [-0.05, 0) is 18.8 Å². The van der Waals surface area contributed by atoms with E-state index in [9.17, 15) is 13.2 Å². The Morgan fingerprint density at radius 2 is 1.59 bits per heavy atom. The lowest BCUT2D eigenvalue weighted by Crippen LogP contribution is -2.56. The molecule has 0 radical (unpaired) electrons. The molecular formula is C12H21F3N2. The van der Waals surface area contributed by atoms with Crippen molar-refractivity contribution in [2.24, 2.45) is 5.92 Å². The molecule has 0 amide bonds. The summed E-state index contributed by atoms with van der Waals surface area (Å²) in [5.74, 6) is -0.179. The van der Waals surface area contributed by atoms with Crippen LogP contribution < -0.4 is 5.32 Å². The van der Waals surface area contributed by atoms with Crippen LogP contribution in [-0.2, 0) is 0 Å². The maximum Gasteiger partial charge on any atom is 0.404 e. The van der Waals surface area contributed by atoms with E-state index in [-0.39, 0.29) is 5.92 Å². The summed E-state index contributed by atoms with van der Waals surface area (Å²) >= 11 is 0. The molecule has 0 aromatic heterocycles. The molecular weight excluding hydrogens is 229 g/mol. The van der Waals surface area contributed by atoms with E-state index in [4.69, 9.17) is 0 Å². The van der Waals surface area contributed by atoms with Crippen molar-refractivity contribution >= 4 is 0 Å². The van der Waals surface area contributed by atoms with Gasteiger partial charge in [0.2, 0.25) is 0 Å². The Balaban J connectivity index is 2.06. The molecule has 5 heteroatoms. The summed E-state index contributed by atoms with van der Waals surface area (Å²) in [6.45, 7) is 2.42. The molecule has 100 valence electrons. The van der Waals surface area contributed by atoms with Crippen LogP contribution in [0.25, 0.3) is 0 Å². The van der Waals surface area contributed by atoms with E-state index >= 15 is 0 Å². The van der Waals surface area contributed by atoms with Crippen molar-refractivity contribution in [3.8, 4) is 0 Å². The molecule has 1 N–H and O–H groups in total. The minimum atomic E-state index is -4.07. The van der Waals surface area contributed by atoms with E-state index in [1.165, 1.54) is 0 Å². The fourth-order valence-corrected chi connectivity index (χ4v) is 3.18. The average molecular weight is 250 g/mol. The monoisotopic (exact) mass is 250 g/mol. The second-order valence-electron chi connectivity index (χ2n) is 5.17. The molecule has 0 bridgehead atoms. The van der Waals surface area contributed by atoms with E-state index in [0.29, 0.717) is 26.2 Å². The molecule has 2 aliphatic rings. The molecule has 1 heterocycles. The number of hydrogen-bond acceptors (Lipinski definition) is 2. The first-order valence-corrected chi connectivity index (χ1v) is 6.60. The molecule has 2 fully saturated rings. The lowest BCUT2D eigenvalue weighted by atomic mass is 9.82. The van der Waals surface area contributed by atoms with Gasteiger partial charge in [0.15, 0.2) is 0 Å². The van der Waals surface area contributed by atoms with Gasteiger partial charge in [-0.1, -0.05) is 19.3 Å². The predicted octanol–water partition coefficient (Wildman–Crippen LogP) is 2.40. The van der Waals surface area contributed by atoms with Crippen molar-refractivity contribution in [1.29, 1.82) is 0 Å². The van der Waals surface area contributed by atoms with Crippen LogP contribution in [0.5, 0.6) is 0 Å². The molecule has 1 saturated heterocycles. The van der Waals surface area contributed by atoms with Crippen molar-refractivity contribution in [3.63, 3.8) is 0 Å². The van der Waals surface area contributed by atoms with Crippen LogP contribution in [0.1, 0.15) is 32.1 Å². The van der Waals surface area contributed by atoms with Crippen molar-refractivity contribution < 1.29 is 13.2 Å². The summed E-state index contributed by atoms with van der Waals surface area (Å²) in [7, 11) is 0. The maximum atomic E-state index is 13.2. The first kappa shape index (κ1) is 13.1. The highest BCUT2D eigenvalue weighted by Gasteiger charge is 2.48. The predicted molar refractivity (Wildman–Crippen MR) is 60.9 cm³/mol. The maximum absolute atomic E-state index is 13.2. The molecule has 17 heavy (non-hydrogen) atoms. The molecule has 1 aliphatic heterocycles. The van der Waals surface area contributed by atoms with Crippen LogP contribution in [-0.4, -0.2) is 43.3 Å². The zero-order chi connectivity index (χ0) is 12.3. The standard InChI is InChI=1S/C12H21F3N2/c13-12(14,15)11(10-4-2-1-3-5-10)17-8-6-16-7-9-17/h10-11,16H,1-9H2/t11-/m0/s1. The molecule has 1 aliphatic carbocycles. The highest BCUT2D eigenvalue weighted by Crippen LogP contribution is 2.37. The molecule has 0 aromatic carbocycles. The fraction of sp³-hybridized carbons (Fsp3) is 1.00. The summed E-state index contributed by atoms with van der Waals surface area (Å²) in [5, 5.41) is 3.11. The van der Waals surface area contributed by atoms with E-state index in [1.807, 2.05) is 0 Å². The summed E-state index contributed by atoms with van der Waals surface area (Å²) in [4.78, 5) is 1.65. The Morgan fingerprint density at radius 3 is 2.12 bits per heavy atom. The average Bonchev–Trinajstić information content (AvgIpc) is 2.30. The molecule has 2 rings (SSSR count). The first-order valence-electron chi connectivity index (χ1n) is 6.60. The van der Waals surface area contributed by atoms with Crippen molar-refractivity contribution in [3.05, 3.63) is 0 Å². The van der Waals surface area contributed by atoms with Crippen LogP contribution in [0.2, 0.25) is 0 Å². The number of rotatable bonds is 2. The van der Waals surface area contributed by atoms with Gasteiger partial charge < -0.3 is 5.32 Å². The summed E-state index contributed by atoms with van der Waals surface area (Å²) in [6, 6.07) is -1.20. The van der Waals surface area contributed by atoms with E-state index in [1.54, 1.807) is 4.90 Å². The third-order valence-corrected chi connectivity index (χ3v) is 3.98. The van der Waals surface area contributed by atoms with E-state index < -0.39 is 12.2 Å². The highest BCUT2D eigenvalue weighted by atomic mass is 19.4. The van der Waals surface area contributed by atoms with Crippen molar-refractivity contribution in [2.45, 2.75) is 44.3 Å². The minimum Gasteiger partial charge on any atom is -0.314 e. The lowest BCUT2D eigenvalue weighted by molar-refractivity contribution is -0.202. The molecule has 2 nitrogen and oxygen atoms in total. The van der Waals surface area contributed by atoms with E-state index in [2.05, 4.69) is 5.32 Å². The first-order chi connectivity index (χ1) is 8.09. The van der Waals surface area contributed by atoms with Crippen LogP contribution in [0, 0.1) is 5.92 Å². The normalized spacial score (nSPS) is 27.0. The minimum absolute atomic E-state index is 0.179. The number of alkyl halides is 3. The number of halogens is 3. The van der Waals surface area contributed by atoms with Gasteiger partial charge in [0, 0.05) is 26.2 Å². The molecule has 1 atom stereocenters. The Kier molecular flexibility index (Phi) is 4.31. The summed E-state index contributed by atoms with van der Waals surface area (Å²) in [6.07, 6.45) is 0.441. The van der Waals surface area contributed by atoms with Gasteiger partial charge in [0.05, 0.1) is 0 Å². The Bertz CT molecular complexity index is 212. The number of nitrogens with zero attached hydrogens (tertiary/aromatic N) is 1. The summed E-state index contributed by atoms with van der Waals surface area (Å²) in [5.41, 5.74) is 0.